The Morgan fingerprint density at radius 2 is 1.95 bits per heavy atom. The van der Waals surface area contributed by atoms with Crippen LogP contribution in [0.4, 0.5) is 0 Å². The summed E-state index contributed by atoms with van der Waals surface area (Å²) < 4.78 is 4.76. The lowest BCUT2D eigenvalue weighted by atomic mass is 9.88. The first-order valence-corrected chi connectivity index (χ1v) is 11.2. The summed E-state index contributed by atoms with van der Waals surface area (Å²) in [6, 6.07) is 0. The van der Waals surface area contributed by atoms with E-state index in [4.69, 9.17) is 4.74 Å². The van der Waals surface area contributed by atoms with Crippen molar-refractivity contribution < 1.29 is 9.53 Å². The number of esters is 1. The maximum absolute atomic E-state index is 11.3. The quantitative estimate of drug-likeness (QED) is 0.554. The maximum atomic E-state index is 11.3. The minimum atomic E-state index is -0.778. The molecular formula is C16H34N2O2Si. The van der Waals surface area contributed by atoms with Crippen molar-refractivity contribution in [2.24, 2.45) is 5.92 Å². The van der Waals surface area contributed by atoms with Crippen LogP contribution in [-0.2, 0) is 9.53 Å². The van der Waals surface area contributed by atoms with Crippen molar-refractivity contribution in [3.05, 3.63) is 0 Å². The normalized spacial score (nSPS) is 22.0. The summed E-state index contributed by atoms with van der Waals surface area (Å²) in [7, 11) is 0.689. The molecule has 0 bridgehead atoms. The van der Waals surface area contributed by atoms with E-state index in [2.05, 4.69) is 50.6 Å². The van der Waals surface area contributed by atoms with Crippen LogP contribution in [0.15, 0.2) is 0 Å². The lowest BCUT2D eigenvalue weighted by Crippen LogP contribution is -2.65. The molecular weight excluding hydrogens is 280 g/mol. The largest absolute Gasteiger partial charge is 0.469 e. The molecule has 1 saturated heterocycles. The van der Waals surface area contributed by atoms with Gasteiger partial charge in [0.25, 0.3) is 0 Å². The first kappa shape index (κ1) is 18.7. The second-order valence-electron chi connectivity index (χ2n) is 7.44. The van der Waals surface area contributed by atoms with Gasteiger partial charge in [-0.1, -0.05) is 26.9 Å². The van der Waals surface area contributed by atoms with Gasteiger partial charge in [-0.2, -0.15) is 0 Å². The van der Waals surface area contributed by atoms with E-state index in [9.17, 15) is 4.79 Å². The fourth-order valence-electron chi connectivity index (χ4n) is 3.04. The molecule has 1 unspecified atom stereocenters. The smallest absolute Gasteiger partial charge is 0.306 e. The van der Waals surface area contributed by atoms with Gasteiger partial charge in [0.05, 0.1) is 22.3 Å². The number of piperazine rings is 1. The number of carbonyl (C=O) groups excluding carboxylic acids is 1. The van der Waals surface area contributed by atoms with E-state index in [1.807, 2.05) is 0 Å². The summed E-state index contributed by atoms with van der Waals surface area (Å²) >= 11 is 0. The number of carbonyl (C=O) groups is 1. The van der Waals surface area contributed by atoms with E-state index in [0.717, 1.165) is 26.2 Å². The van der Waals surface area contributed by atoms with Crippen molar-refractivity contribution >= 4 is 14.8 Å². The van der Waals surface area contributed by atoms with Crippen LogP contribution in [0.5, 0.6) is 0 Å². The van der Waals surface area contributed by atoms with Crippen molar-refractivity contribution in [1.82, 2.24) is 9.80 Å². The van der Waals surface area contributed by atoms with Crippen LogP contribution in [0.25, 0.3) is 0 Å². The molecule has 0 aromatic heterocycles. The van der Waals surface area contributed by atoms with E-state index in [1.165, 1.54) is 7.11 Å². The second-order valence-corrected chi connectivity index (χ2v) is 10.7. The van der Waals surface area contributed by atoms with Gasteiger partial charge in [0.1, 0.15) is 0 Å². The molecule has 1 aliphatic heterocycles. The van der Waals surface area contributed by atoms with Gasteiger partial charge >= 0.3 is 5.97 Å². The molecule has 21 heavy (non-hydrogen) atoms. The van der Waals surface area contributed by atoms with Gasteiger partial charge in [-0.3, -0.25) is 9.69 Å². The zero-order chi connectivity index (χ0) is 16.2. The highest BCUT2D eigenvalue weighted by atomic mass is 28.3. The van der Waals surface area contributed by atoms with Crippen LogP contribution in [0.3, 0.4) is 0 Å². The molecule has 0 saturated carbocycles. The molecule has 0 aromatic rings. The van der Waals surface area contributed by atoms with Crippen molar-refractivity contribution in [2.75, 3.05) is 33.3 Å². The van der Waals surface area contributed by atoms with Crippen molar-refractivity contribution in [2.45, 2.75) is 58.4 Å². The van der Waals surface area contributed by atoms with Gasteiger partial charge in [0.2, 0.25) is 0 Å². The Kier molecular flexibility index (Phi) is 6.88. The molecule has 1 heterocycles. The summed E-state index contributed by atoms with van der Waals surface area (Å²) in [5.74, 6) is 0.549. The summed E-state index contributed by atoms with van der Waals surface area (Å²) in [4.78, 5) is 16.5. The summed E-state index contributed by atoms with van der Waals surface area (Å²) in [5.41, 5.74) is 0.935. The molecule has 0 aromatic carbocycles. The molecule has 124 valence electrons. The SMILES string of the molecule is COC(=O)CCN1CCN(C(C)(C)C(C)C)C([SiH](C)C)C1. The first-order valence-electron chi connectivity index (χ1n) is 8.26. The lowest BCUT2D eigenvalue weighted by Gasteiger charge is -2.52. The zero-order valence-electron chi connectivity index (χ0n) is 15.0. The molecule has 0 aliphatic carbocycles. The summed E-state index contributed by atoms with van der Waals surface area (Å²) in [6.07, 6.45) is 0.510. The number of hydrogen-bond donors (Lipinski definition) is 0. The molecule has 0 radical (unpaired) electrons. The standard InChI is InChI=1S/C16H34N2O2Si/c1-13(2)16(3,4)18-11-10-17(9-8-15(19)20-5)12-14(18)21(6)7/h13-14,21H,8-12H2,1-7H3. The molecule has 1 atom stereocenters. The Morgan fingerprint density at radius 1 is 1.33 bits per heavy atom. The van der Waals surface area contributed by atoms with Crippen LogP contribution < -0.4 is 0 Å². The van der Waals surface area contributed by atoms with E-state index >= 15 is 0 Å². The van der Waals surface area contributed by atoms with Gasteiger partial charge in [-0.15, -0.1) is 0 Å². The zero-order valence-corrected chi connectivity index (χ0v) is 16.1. The van der Waals surface area contributed by atoms with Crippen molar-refractivity contribution in [3.8, 4) is 0 Å². The average Bonchev–Trinajstić information content (AvgIpc) is 2.43. The lowest BCUT2D eigenvalue weighted by molar-refractivity contribution is -0.141. The third-order valence-corrected chi connectivity index (χ3v) is 7.40. The van der Waals surface area contributed by atoms with Gasteiger partial charge in [0, 0.05) is 37.4 Å². The van der Waals surface area contributed by atoms with Crippen LogP contribution in [0.2, 0.25) is 13.1 Å². The Hall–Kier alpha value is -0.393. The molecule has 1 fully saturated rings. The van der Waals surface area contributed by atoms with Gasteiger partial charge < -0.3 is 9.64 Å². The van der Waals surface area contributed by atoms with Gasteiger partial charge in [-0.05, 0) is 19.8 Å². The van der Waals surface area contributed by atoms with Crippen LogP contribution in [-0.4, -0.2) is 69.1 Å². The highest BCUT2D eigenvalue weighted by Gasteiger charge is 2.39. The first-order chi connectivity index (χ1) is 9.70. The van der Waals surface area contributed by atoms with Crippen LogP contribution in [0.1, 0.15) is 34.1 Å². The average molecular weight is 315 g/mol. The third kappa shape index (κ3) is 4.79. The third-order valence-electron chi connectivity index (χ3n) is 5.29. The van der Waals surface area contributed by atoms with E-state index in [1.54, 1.807) is 0 Å². The maximum Gasteiger partial charge on any atom is 0.306 e. The number of ether oxygens (including phenoxy) is 1. The van der Waals surface area contributed by atoms with Crippen LogP contribution >= 0.6 is 0 Å². The van der Waals surface area contributed by atoms with E-state index in [0.29, 0.717) is 18.0 Å². The summed E-state index contributed by atoms with van der Waals surface area (Å²) in [5, 5.41) is 0. The molecule has 0 N–H and O–H groups in total. The fraction of sp³-hybridized carbons (Fsp3) is 0.938. The molecule has 5 heteroatoms. The molecule has 0 amide bonds. The fourth-order valence-corrected chi connectivity index (χ4v) is 5.01. The molecule has 4 nitrogen and oxygen atoms in total. The number of methoxy groups -OCH3 is 1. The van der Waals surface area contributed by atoms with Gasteiger partial charge in [0.15, 0.2) is 0 Å². The number of hydrogen-bond acceptors (Lipinski definition) is 4. The number of nitrogens with zero attached hydrogens (tertiary/aromatic N) is 2. The monoisotopic (exact) mass is 314 g/mol. The van der Waals surface area contributed by atoms with Crippen molar-refractivity contribution in [1.29, 1.82) is 0 Å². The van der Waals surface area contributed by atoms with E-state index < -0.39 is 8.80 Å². The Balaban J connectivity index is 2.70. The van der Waals surface area contributed by atoms with Crippen LogP contribution in [0, 0.1) is 5.92 Å². The van der Waals surface area contributed by atoms with E-state index in [-0.39, 0.29) is 11.5 Å². The number of rotatable bonds is 6. The Labute approximate surface area is 132 Å². The van der Waals surface area contributed by atoms with Crippen molar-refractivity contribution in [3.63, 3.8) is 0 Å². The molecule has 1 aliphatic rings. The Morgan fingerprint density at radius 3 is 2.43 bits per heavy atom. The molecule has 1 rings (SSSR count). The summed E-state index contributed by atoms with van der Waals surface area (Å²) in [6.45, 7) is 18.4. The second kappa shape index (κ2) is 7.74. The highest BCUT2D eigenvalue weighted by Crippen LogP contribution is 2.29. The Bertz CT molecular complexity index is 345. The minimum absolute atomic E-state index is 0.0988. The predicted octanol–water partition coefficient (Wildman–Crippen LogP) is 2.00. The topological polar surface area (TPSA) is 32.8 Å². The minimum Gasteiger partial charge on any atom is -0.469 e. The van der Waals surface area contributed by atoms with Gasteiger partial charge in [-0.25, -0.2) is 0 Å². The molecule has 0 spiro atoms. The highest BCUT2D eigenvalue weighted by molar-refractivity contribution is 6.57. The predicted molar refractivity (Wildman–Crippen MR) is 91.4 cm³/mol.